The molecule has 4 nitrogen and oxygen atoms in total. The zero-order valence-corrected chi connectivity index (χ0v) is 11.6. The maximum Gasteiger partial charge on any atom is 0.416 e. The SMILES string of the molecule is CCN1OC(c2ccc(C(F)(F)F)cc2)=C(Cl)C1C(=O)O. The molecule has 0 amide bonds. The molecule has 1 unspecified atom stereocenters. The van der Waals surface area contributed by atoms with E-state index < -0.39 is 23.8 Å². The number of halogens is 4. The van der Waals surface area contributed by atoms with Crippen molar-refractivity contribution in [3.05, 3.63) is 40.4 Å². The average molecular weight is 322 g/mol. The van der Waals surface area contributed by atoms with E-state index in [9.17, 15) is 18.0 Å². The number of carbonyl (C=O) groups is 1. The van der Waals surface area contributed by atoms with Crippen molar-refractivity contribution in [2.45, 2.75) is 19.1 Å². The maximum absolute atomic E-state index is 12.5. The van der Waals surface area contributed by atoms with E-state index in [1.165, 1.54) is 12.1 Å². The molecule has 1 aliphatic heterocycles. The lowest BCUT2D eigenvalue weighted by atomic mass is 10.1. The predicted octanol–water partition coefficient (Wildman–Crippen LogP) is 3.33. The van der Waals surface area contributed by atoms with E-state index in [0.29, 0.717) is 0 Å². The first-order valence-electron chi connectivity index (χ1n) is 6.00. The Morgan fingerprint density at radius 3 is 2.33 bits per heavy atom. The standard InChI is InChI=1S/C13H11ClF3NO3/c1-2-18-10(12(19)20)9(14)11(21-18)7-3-5-8(6-4-7)13(15,16)17/h3-6,10H,2H2,1H3,(H,19,20). The van der Waals surface area contributed by atoms with E-state index in [2.05, 4.69) is 0 Å². The van der Waals surface area contributed by atoms with Crippen molar-refractivity contribution in [1.82, 2.24) is 5.06 Å². The lowest BCUT2D eigenvalue weighted by Gasteiger charge is -2.18. The lowest BCUT2D eigenvalue weighted by Crippen LogP contribution is -2.36. The number of hydroxylamine groups is 2. The van der Waals surface area contributed by atoms with Crippen LogP contribution in [0.1, 0.15) is 18.1 Å². The highest BCUT2D eigenvalue weighted by Crippen LogP contribution is 2.37. The van der Waals surface area contributed by atoms with Gasteiger partial charge in [-0.05, 0) is 19.1 Å². The average Bonchev–Trinajstić information content (AvgIpc) is 2.75. The molecule has 1 atom stereocenters. The summed E-state index contributed by atoms with van der Waals surface area (Å²) in [6.07, 6.45) is -4.44. The van der Waals surface area contributed by atoms with Crippen LogP contribution >= 0.6 is 11.6 Å². The van der Waals surface area contributed by atoms with Crippen LogP contribution in [0.5, 0.6) is 0 Å². The van der Waals surface area contributed by atoms with Gasteiger partial charge in [0.2, 0.25) is 0 Å². The molecular weight excluding hydrogens is 311 g/mol. The second-order valence-electron chi connectivity index (χ2n) is 4.32. The van der Waals surface area contributed by atoms with Gasteiger partial charge in [0.25, 0.3) is 0 Å². The largest absolute Gasteiger partial charge is 0.480 e. The molecule has 8 heteroatoms. The van der Waals surface area contributed by atoms with E-state index in [-0.39, 0.29) is 22.9 Å². The van der Waals surface area contributed by atoms with Crippen LogP contribution in [0.25, 0.3) is 5.76 Å². The quantitative estimate of drug-likeness (QED) is 0.927. The normalized spacial score (nSPS) is 19.8. The molecule has 0 fully saturated rings. The van der Waals surface area contributed by atoms with Crippen LogP contribution < -0.4 is 0 Å². The molecule has 0 saturated heterocycles. The molecule has 114 valence electrons. The smallest absolute Gasteiger partial charge is 0.416 e. The van der Waals surface area contributed by atoms with E-state index in [0.717, 1.165) is 17.2 Å². The minimum atomic E-state index is -4.44. The maximum atomic E-state index is 12.5. The number of rotatable bonds is 3. The van der Waals surface area contributed by atoms with Crippen LogP contribution in [0.15, 0.2) is 29.3 Å². The lowest BCUT2D eigenvalue weighted by molar-refractivity contribution is -0.155. The van der Waals surface area contributed by atoms with Crippen molar-refractivity contribution in [3.8, 4) is 0 Å². The summed E-state index contributed by atoms with van der Waals surface area (Å²) in [7, 11) is 0. The van der Waals surface area contributed by atoms with Gasteiger partial charge in [0, 0.05) is 12.1 Å². The first-order chi connectivity index (χ1) is 9.75. The van der Waals surface area contributed by atoms with Gasteiger partial charge in [-0.25, -0.2) is 4.79 Å². The third-order valence-corrected chi connectivity index (χ3v) is 3.35. The summed E-state index contributed by atoms with van der Waals surface area (Å²) in [5, 5.41) is 10.2. The monoisotopic (exact) mass is 321 g/mol. The van der Waals surface area contributed by atoms with Crippen molar-refractivity contribution in [3.63, 3.8) is 0 Å². The van der Waals surface area contributed by atoms with Gasteiger partial charge in [-0.2, -0.15) is 13.2 Å². The highest BCUT2D eigenvalue weighted by molar-refractivity contribution is 6.34. The van der Waals surface area contributed by atoms with Gasteiger partial charge in [0.15, 0.2) is 11.8 Å². The van der Waals surface area contributed by atoms with Gasteiger partial charge in [-0.15, -0.1) is 5.06 Å². The number of likely N-dealkylation sites (N-methyl/N-ethyl adjacent to an activating group) is 1. The molecule has 1 heterocycles. The van der Waals surface area contributed by atoms with Crippen molar-refractivity contribution < 1.29 is 27.9 Å². The highest BCUT2D eigenvalue weighted by atomic mass is 35.5. The first-order valence-corrected chi connectivity index (χ1v) is 6.38. The minimum Gasteiger partial charge on any atom is -0.480 e. The van der Waals surface area contributed by atoms with Crippen molar-refractivity contribution >= 4 is 23.3 Å². The Morgan fingerprint density at radius 1 is 1.38 bits per heavy atom. The van der Waals surface area contributed by atoms with Crippen LogP contribution in [0.4, 0.5) is 13.2 Å². The van der Waals surface area contributed by atoms with Crippen LogP contribution in [0, 0.1) is 0 Å². The Labute approximate surface area is 123 Å². The van der Waals surface area contributed by atoms with E-state index >= 15 is 0 Å². The summed E-state index contributed by atoms with van der Waals surface area (Å²) in [5.41, 5.74) is -0.515. The molecule has 0 saturated carbocycles. The predicted molar refractivity (Wildman–Crippen MR) is 69.1 cm³/mol. The molecule has 1 aromatic rings. The Bertz CT molecular complexity index is 583. The molecule has 0 bridgehead atoms. The van der Waals surface area contributed by atoms with Crippen molar-refractivity contribution in [2.24, 2.45) is 0 Å². The topological polar surface area (TPSA) is 49.8 Å². The van der Waals surface area contributed by atoms with Crippen LogP contribution in [-0.4, -0.2) is 28.7 Å². The second-order valence-corrected chi connectivity index (χ2v) is 4.72. The molecule has 1 aliphatic rings. The van der Waals surface area contributed by atoms with Crippen LogP contribution in [-0.2, 0) is 15.8 Å². The third-order valence-electron chi connectivity index (χ3n) is 2.97. The van der Waals surface area contributed by atoms with Crippen LogP contribution in [0.2, 0.25) is 0 Å². The van der Waals surface area contributed by atoms with Crippen molar-refractivity contribution in [1.29, 1.82) is 0 Å². The first kappa shape index (κ1) is 15.7. The third kappa shape index (κ3) is 2.98. The highest BCUT2D eigenvalue weighted by Gasteiger charge is 2.39. The fourth-order valence-electron chi connectivity index (χ4n) is 1.94. The molecule has 1 aromatic carbocycles. The molecule has 0 spiro atoms. The summed E-state index contributed by atoms with van der Waals surface area (Å²) >= 11 is 5.99. The summed E-state index contributed by atoms with van der Waals surface area (Å²) in [5.74, 6) is -1.14. The zero-order chi connectivity index (χ0) is 15.8. The van der Waals surface area contributed by atoms with Gasteiger partial charge < -0.3 is 9.94 Å². The Hall–Kier alpha value is -1.73. The summed E-state index contributed by atoms with van der Waals surface area (Å²) in [4.78, 5) is 16.5. The number of hydrogen-bond donors (Lipinski definition) is 1. The number of carboxylic acids is 1. The van der Waals surface area contributed by atoms with Gasteiger partial charge in [-0.1, -0.05) is 23.7 Å². The van der Waals surface area contributed by atoms with Crippen molar-refractivity contribution in [2.75, 3.05) is 6.54 Å². The number of carboxylic acid groups (broad SMARTS) is 1. The summed E-state index contributed by atoms with van der Waals surface area (Å²) < 4.78 is 37.5. The van der Waals surface area contributed by atoms with Gasteiger partial charge in [0.1, 0.15) is 0 Å². The number of aliphatic carboxylic acids is 1. The molecular formula is C13H11ClF3NO3. The molecule has 0 radical (unpaired) electrons. The molecule has 0 aromatic heterocycles. The second kappa shape index (κ2) is 5.57. The molecule has 0 aliphatic carbocycles. The summed E-state index contributed by atoms with van der Waals surface area (Å²) in [6, 6.07) is 3.01. The number of benzene rings is 1. The fourth-order valence-corrected chi connectivity index (χ4v) is 2.29. The van der Waals surface area contributed by atoms with Gasteiger partial charge in [0.05, 0.1) is 10.6 Å². The Balaban J connectivity index is 2.36. The van der Waals surface area contributed by atoms with E-state index in [1.807, 2.05) is 0 Å². The number of nitrogens with zero attached hydrogens (tertiary/aromatic N) is 1. The number of hydrogen-bond acceptors (Lipinski definition) is 3. The molecule has 1 N–H and O–H groups in total. The van der Waals surface area contributed by atoms with E-state index in [1.54, 1.807) is 6.92 Å². The summed E-state index contributed by atoms with van der Waals surface area (Å²) in [6.45, 7) is 1.94. The van der Waals surface area contributed by atoms with Crippen LogP contribution in [0.3, 0.4) is 0 Å². The molecule has 2 rings (SSSR count). The molecule has 21 heavy (non-hydrogen) atoms. The Kier molecular flexibility index (Phi) is 4.15. The van der Waals surface area contributed by atoms with Gasteiger partial charge in [-0.3, -0.25) is 0 Å². The number of alkyl halides is 3. The minimum absolute atomic E-state index is 0.0552. The fraction of sp³-hybridized carbons (Fsp3) is 0.308. The van der Waals surface area contributed by atoms with E-state index in [4.69, 9.17) is 21.5 Å². The zero-order valence-electron chi connectivity index (χ0n) is 10.8. The van der Waals surface area contributed by atoms with Gasteiger partial charge >= 0.3 is 12.1 Å². The Morgan fingerprint density at radius 2 is 1.95 bits per heavy atom.